The number of halogens is 1. The molecule has 0 radical (unpaired) electrons. The molecule has 0 aliphatic carbocycles. The zero-order chi connectivity index (χ0) is 84.7. The number of H-pyrrole nitrogens is 1. The van der Waals surface area contributed by atoms with E-state index in [1.807, 2.05) is 55.4 Å². The minimum absolute atomic E-state index is 0.0140. The Bertz CT molecular complexity index is 3890. The number of aliphatic hydroxyl groups is 1. The maximum atomic E-state index is 16.8. The van der Waals surface area contributed by atoms with E-state index < -0.39 is 169 Å². The van der Waals surface area contributed by atoms with Crippen molar-refractivity contribution in [2.24, 2.45) is 52.7 Å². The number of primary amides is 2. The van der Waals surface area contributed by atoms with Crippen molar-refractivity contribution in [2.45, 2.75) is 251 Å². The van der Waals surface area contributed by atoms with Gasteiger partial charge in [0, 0.05) is 87.8 Å². The molecule has 0 aliphatic heterocycles. The van der Waals surface area contributed by atoms with Crippen LogP contribution in [-0.2, 0) is 88.6 Å². The molecule has 13 amide bonds. The number of aliphatic imine (C=N–C) groups is 1. The van der Waals surface area contributed by atoms with Crippen LogP contribution >= 0.6 is 0 Å². The van der Waals surface area contributed by atoms with Gasteiger partial charge in [-0.2, -0.15) is 0 Å². The molecule has 0 fully saturated rings. The first-order valence-corrected chi connectivity index (χ1v) is 40.6. The predicted octanol–water partition coefficient (Wildman–Crippen LogP) is 1.15. The lowest BCUT2D eigenvalue weighted by molar-refractivity contribution is -0.135. The van der Waals surface area contributed by atoms with Crippen LogP contribution in [0, 0.1) is 17.8 Å². The largest absolute Gasteiger partial charge is 0.390 e. The van der Waals surface area contributed by atoms with Crippen LogP contribution in [0.15, 0.2) is 72.2 Å². The highest BCUT2D eigenvalue weighted by Gasteiger charge is 2.56. The number of carbonyl (C=O) groups is 13. The van der Waals surface area contributed by atoms with Gasteiger partial charge in [0.1, 0.15) is 42.3 Å². The second-order valence-corrected chi connectivity index (χ2v) is 37.0. The number of para-hydroxylation sites is 1. The monoisotopic (exact) mass is 1600 g/mol. The lowest BCUT2D eigenvalue weighted by Gasteiger charge is -2.44. The van der Waals surface area contributed by atoms with Crippen LogP contribution in [0.3, 0.4) is 0 Å². The first kappa shape index (κ1) is 95.1. The van der Waals surface area contributed by atoms with E-state index in [2.05, 4.69) is 73.4 Å². The minimum atomic E-state index is -3.47. The smallest absolute Gasteiger partial charge is 0.288 e. The second-order valence-electron chi connectivity index (χ2n) is 32.1. The number of rotatable bonds is 48. The molecule has 4 rings (SSSR count). The Kier molecular flexibility index (Phi) is 38.2. The van der Waals surface area contributed by atoms with E-state index in [-0.39, 0.29) is 102 Å². The number of nitrogens with one attached hydrogen (secondary N) is 12. The summed E-state index contributed by atoms with van der Waals surface area (Å²) in [4.78, 5) is 186. The fourth-order valence-electron chi connectivity index (χ4n) is 13.3. The fourth-order valence-corrected chi connectivity index (χ4v) is 17.9. The number of benzene rings is 2. The molecule has 0 aliphatic rings. The van der Waals surface area contributed by atoms with Crippen molar-refractivity contribution in [2.75, 3.05) is 26.2 Å². The molecule has 21 N–H and O–H groups in total. The molecule has 1 unspecified atom stereocenters. The number of carbonyl (C=O) groups excluding carboxylic acids is 13. The lowest BCUT2D eigenvalue weighted by atomic mass is 9.95. The van der Waals surface area contributed by atoms with E-state index in [0.29, 0.717) is 53.2 Å². The summed E-state index contributed by atoms with van der Waals surface area (Å²) >= 11 is 0. The Morgan fingerprint density at radius 2 is 1.14 bits per heavy atom. The first-order chi connectivity index (χ1) is 52.9. The third-order valence-corrected chi connectivity index (χ3v) is 24.6. The molecule has 626 valence electrons. The van der Waals surface area contributed by atoms with Gasteiger partial charge in [-0.25, -0.2) is 4.98 Å². The Morgan fingerprint density at radius 1 is 0.575 bits per heavy atom. The maximum Gasteiger partial charge on any atom is 0.288 e. The number of amides is 13. The van der Waals surface area contributed by atoms with Gasteiger partial charge in [0.2, 0.25) is 76.8 Å². The number of unbranched alkanes of at least 4 members (excludes halogenated alkanes) is 2. The Hall–Kier alpha value is -10.3. The molecule has 9 atom stereocenters. The van der Waals surface area contributed by atoms with Crippen molar-refractivity contribution in [1.82, 2.24) is 73.0 Å². The van der Waals surface area contributed by atoms with Crippen LogP contribution < -0.4 is 86.6 Å². The van der Waals surface area contributed by atoms with E-state index in [0.717, 1.165) is 5.56 Å². The van der Waals surface area contributed by atoms with Crippen LogP contribution in [-0.4, -0.2) is 191 Å². The summed E-state index contributed by atoms with van der Waals surface area (Å²) in [6.45, 7) is 23.2. The molecule has 0 bridgehead atoms. The van der Waals surface area contributed by atoms with Crippen molar-refractivity contribution in [3.8, 4) is 0 Å². The van der Waals surface area contributed by atoms with Crippen molar-refractivity contribution >= 4 is 107 Å². The molecule has 33 nitrogen and oxygen atoms in total. The van der Waals surface area contributed by atoms with E-state index >= 15 is 4.11 Å². The van der Waals surface area contributed by atoms with Gasteiger partial charge in [0.15, 0.2) is 5.96 Å². The molecule has 0 saturated heterocycles. The van der Waals surface area contributed by atoms with Crippen molar-refractivity contribution in [3.63, 3.8) is 0 Å². The third kappa shape index (κ3) is 31.6. The van der Waals surface area contributed by atoms with Gasteiger partial charge in [-0.15, -0.1) is 0 Å². The van der Waals surface area contributed by atoms with Crippen LogP contribution in [0.25, 0.3) is 10.9 Å². The molecule has 4 aromatic rings. The highest BCUT2D eigenvalue weighted by Crippen LogP contribution is 2.51. The number of imidazole rings is 1. The van der Waals surface area contributed by atoms with Crippen LogP contribution in [0.1, 0.15) is 184 Å². The first-order valence-electron chi connectivity index (χ1n) is 38.7. The van der Waals surface area contributed by atoms with Crippen LogP contribution in [0.5, 0.6) is 0 Å². The van der Waals surface area contributed by atoms with Gasteiger partial charge in [-0.05, 0) is 109 Å². The number of hydrogen-bond donors (Lipinski definition) is 17. The predicted molar refractivity (Wildman–Crippen MR) is 430 cm³/mol. The standard InChI is InChI=1S/C78H124FN19O14Si/c1-45(2)36-57(69(81)106)93-65(104)40-60(99)67(46(3)4)96-74(111)59(39-51-42-84-44-98(51)14)94-66(105)43-89-75(112)68(47(5)6)97-70(107)48(7)90-73(110)58(38-50-41-88-54-23-16-15-22-53(50)54)95-72(109)56(31-32-61(80)100)92-63(102)26-18-20-34-86-71(108)55(24-21-35-87-76(82)83)91-62(101)25-17-19-33-85-64(103)37-49-27-29-52(30-28-49)113(79,77(8,9)10)78(11,12)13/h15-16,22-23,27-30,41-42,44-48,55-60,67-68,88,99H,17-21,24-26,31-40,43H2,1-14H3,(H2,80,100)(H2,81,106)(H,85,103)(H,86,108)(H,89,112)(H,90,110)(H,91,101)(H,92,102)(H,93,104)(H,94,105)(H,95,109)(H,96,111)(H,97,107)(H4,82,83,87)/t48-,55-,56-,57-,58-,59-,60-,67?,68-/m0/s1/i79-1. The minimum Gasteiger partial charge on any atom is -0.390 e. The number of fused-ring (bicyclic) bond motifs is 1. The lowest BCUT2D eigenvalue weighted by Crippen LogP contribution is -2.59. The van der Waals surface area contributed by atoms with Gasteiger partial charge in [-0.1, -0.05) is 126 Å². The van der Waals surface area contributed by atoms with Crippen LogP contribution in [0.2, 0.25) is 10.1 Å². The number of nitrogens with two attached hydrogens (primary N) is 4. The van der Waals surface area contributed by atoms with E-state index in [1.165, 1.54) is 19.4 Å². The topological polar surface area (TPSA) is 525 Å². The highest BCUT2D eigenvalue weighted by molar-refractivity contribution is 6.90. The summed E-state index contributed by atoms with van der Waals surface area (Å²) in [5.41, 5.74) is 24.6. The third-order valence-electron chi connectivity index (χ3n) is 19.4. The number of nitrogens with zero attached hydrogens (tertiary/aromatic N) is 3. The van der Waals surface area contributed by atoms with Crippen LogP contribution in [0.4, 0.5) is 4.11 Å². The molecule has 0 saturated carbocycles. The highest BCUT2D eigenvalue weighted by atomic mass is 28.4. The normalized spacial score (nSPS) is 14.2. The Labute approximate surface area is 662 Å². The summed E-state index contributed by atoms with van der Waals surface area (Å²) in [7, 11) is -1.79. The number of aliphatic hydroxyl groups excluding tert-OH is 1. The van der Waals surface area contributed by atoms with Gasteiger partial charge in [0.25, 0.3) is 8.41 Å². The number of hydrogen-bond acceptors (Lipinski definition) is 16. The number of guanidine groups is 1. The van der Waals surface area contributed by atoms with Gasteiger partial charge in [0.05, 0.1) is 37.9 Å². The summed E-state index contributed by atoms with van der Waals surface area (Å²) in [6, 6.07) is 4.57. The Balaban J connectivity index is 1.36. The average molecular weight is 1600 g/mol. The van der Waals surface area contributed by atoms with Crippen molar-refractivity contribution in [1.29, 1.82) is 0 Å². The molecular weight excluding hydrogens is 1470 g/mol. The number of aromatic amines is 1. The quantitative estimate of drug-likeness (QED) is 0.00970. The second kappa shape index (κ2) is 45.4. The average Bonchev–Trinajstić information content (AvgIpc) is 1.16. The van der Waals surface area contributed by atoms with E-state index in [1.54, 1.807) is 94.0 Å². The Morgan fingerprint density at radius 3 is 1.70 bits per heavy atom. The molecular formula is C78H124FN19O14Si. The van der Waals surface area contributed by atoms with E-state index in [4.69, 9.17) is 22.9 Å². The summed E-state index contributed by atoms with van der Waals surface area (Å²) in [6.07, 6.45) is 3.93. The van der Waals surface area contributed by atoms with Crippen molar-refractivity contribution in [3.05, 3.63) is 84.1 Å². The molecule has 35 heteroatoms. The molecule has 0 spiro atoms. The molecule has 2 aromatic heterocycles. The number of aromatic nitrogens is 3. The summed E-state index contributed by atoms with van der Waals surface area (Å²) < 4.78 is 18.4. The maximum absolute atomic E-state index is 16.8. The van der Waals surface area contributed by atoms with E-state index in [9.17, 15) is 67.4 Å². The fraction of sp³-hybridized carbons (Fsp3) is 0.603. The molecule has 113 heavy (non-hydrogen) atoms. The van der Waals surface area contributed by atoms with Gasteiger partial charge < -0.3 is 100 Å². The zero-order valence-corrected chi connectivity index (χ0v) is 69.0. The summed E-state index contributed by atoms with van der Waals surface area (Å²) in [5, 5.41) is 41.0. The van der Waals surface area contributed by atoms with Gasteiger partial charge >= 0.3 is 0 Å². The van der Waals surface area contributed by atoms with Crippen molar-refractivity contribution < 1.29 is 71.5 Å². The molecule has 2 heterocycles. The number of aryl methyl sites for hydroxylation is 1. The summed E-state index contributed by atoms with van der Waals surface area (Å²) in [5.74, 6) is -10.1. The SMILES string of the molecule is CC(C)C[C@H](NC(=O)C[C@H](O)C(NC(=O)[C@H](Cc1cncn1C)NC(=O)CNC(=O)[C@@H](NC(=O)[C@H](C)NC(=O)[C@H](Cc1c[nH]c2ccccc12)NC(=O)[C@H](CCC(N)=O)NC(=O)CCCCNC(=O)[C@H](CCCN=C(N)N)NC(=O)CCCCNC(=O)Cc1ccc([Si]([18F])(C(C)(C)C)C(C)(C)C)cc1)C(C)C)C(C)C)C(N)=O. The molecule has 2 aromatic carbocycles. The zero-order valence-electron chi connectivity index (χ0n) is 68.0. The van der Waals surface area contributed by atoms with Gasteiger partial charge in [-0.3, -0.25) is 67.3 Å².